The van der Waals surface area contributed by atoms with Gasteiger partial charge in [-0.25, -0.2) is 4.39 Å². The molecule has 5 rings (SSSR count). The Labute approximate surface area is 233 Å². The van der Waals surface area contributed by atoms with Crippen LogP contribution in [0.3, 0.4) is 0 Å². The van der Waals surface area contributed by atoms with Crippen LogP contribution in [0.25, 0.3) is 5.76 Å². The van der Waals surface area contributed by atoms with Crippen LogP contribution in [0.5, 0.6) is 5.75 Å². The highest BCUT2D eigenvalue weighted by molar-refractivity contribution is 8.00. The number of Topliss-reactive ketones (excluding diaryl/α,β-unsaturated/α-hetero) is 1. The van der Waals surface area contributed by atoms with E-state index < -0.39 is 29.3 Å². The van der Waals surface area contributed by atoms with Crippen LogP contribution in [0, 0.1) is 12.7 Å². The van der Waals surface area contributed by atoms with Crippen molar-refractivity contribution >= 4 is 45.7 Å². The summed E-state index contributed by atoms with van der Waals surface area (Å²) < 4.78 is 19.8. The van der Waals surface area contributed by atoms with E-state index in [1.165, 1.54) is 57.8 Å². The number of amides is 1. The molecule has 10 heteroatoms. The predicted octanol–water partition coefficient (Wildman–Crippen LogP) is 6.30. The number of aromatic nitrogens is 2. The summed E-state index contributed by atoms with van der Waals surface area (Å²) in [6.07, 6.45) is 0. The maximum Gasteiger partial charge on any atom is 0.301 e. The number of carbonyl (C=O) groups excluding carboxylic acids is 2. The second-order valence-electron chi connectivity index (χ2n) is 8.81. The molecule has 198 valence electrons. The number of halogens is 1. The second-order valence-corrected chi connectivity index (χ2v) is 11.0. The van der Waals surface area contributed by atoms with Gasteiger partial charge in [0.2, 0.25) is 5.13 Å². The molecular weight excluding hydrogens is 537 g/mol. The molecule has 1 amide bonds. The van der Waals surface area contributed by atoms with Crippen molar-refractivity contribution in [1.29, 1.82) is 0 Å². The molecule has 0 saturated carbocycles. The third-order valence-corrected chi connectivity index (χ3v) is 8.26. The highest BCUT2D eigenvalue weighted by atomic mass is 32.2. The Kier molecular flexibility index (Phi) is 7.76. The highest BCUT2D eigenvalue weighted by Crippen LogP contribution is 2.44. The van der Waals surface area contributed by atoms with Crippen molar-refractivity contribution < 1.29 is 23.8 Å². The molecule has 1 aliphatic rings. The van der Waals surface area contributed by atoms with Crippen LogP contribution in [0.1, 0.15) is 35.2 Å². The number of thioether (sulfide) groups is 1. The minimum Gasteiger partial charge on any atom is -0.507 e. The predicted molar refractivity (Wildman–Crippen MR) is 149 cm³/mol. The Balaban J connectivity index is 1.54. The molecule has 1 aliphatic heterocycles. The van der Waals surface area contributed by atoms with Gasteiger partial charge < -0.3 is 9.84 Å². The number of ketones is 1. The first-order valence-electron chi connectivity index (χ1n) is 12.2. The van der Waals surface area contributed by atoms with Crippen molar-refractivity contribution in [3.8, 4) is 5.75 Å². The van der Waals surface area contributed by atoms with Crippen LogP contribution in [0.2, 0.25) is 0 Å². The maximum absolute atomic E-state index is 13.5. The average molecular weight is 562 g/mol. The fraction of sp³-hybridized carbons (Fsp3) is 0.172. The van der Waals surface area contributed by atoms with Gasteiger partial charge in [-0.15, -0.1) is 10.2 Å². The summed E-state index contributed by atoms with van der Waals surface area (Å²) in [5.41, 5.74) is 2.94. The number of ether oxygens (including phenoxy) is 1. The third kappa shape index (κ3) is 5.57. The van der Waals surface area contributed by atoms with Gasteiger partial charge in [0.25, 0.3) is 5.78 Å². The number of carbonyl (C=O) groups is 2. The van der Waals surface area contributed by atoms with E-state index in [1.807, 2.05) is 38.1 Å². The van der Waals surface area contributed by atoms with Crippen molar-refractivity contribution in [2.45, 2.75) is 30.0 Å². The molecule has 39 heavy (non-hydrogen) atoms. The Bertz CT molecular complexity index is 1550. The zero-order valence-corrected chi connectivity index (χ0v) is 22.8. The van der Waals surface area contributed by atoms with Crippen molar-refractivity contribution in [3.05, 3.63) is 106 Å². The largest absolute Gasteiger partial charge is 0.507 e. The van der Waals surface area contributed by atoms with Crippen LogP contribution < -0.4 is 9.64 Å². The first kappa shape index (κ1) is 26.6. The lowest BCUT2D eigenvalue weighted by molar-refractivity contribution is -0.132. The van der Waals surface area contributed by atoms with E-state index >= 15 is 0 Å². The van der Waals surface area contributed by atoms with Crippen molar-refractivity contribution in [1.82, 2.24) is 10.2 Å². The summed E-state index contributed by atoms with van der Waals surface area (Å²) >= 11 is 2.67. The van der Waals surface area contributed by atoms with Gasteiger partial charge in [-0.05, 0) is 61.4 Å². The van der Waals surface area contributed by atoms with Gasteiger partial charge in [0, 0.05) is 11.3 Å². The zero-order chi connectivity index (χ0) is 27.5. The minimum absolute atomic E-state index is 0.121. The van der Waals surface area contributed by atoms with Crippen LogP contribution in [0.4, 0.5) is 9.52 Å². The first-order chi connectivity index (χ1) is 18.9. The number of anilines is 1. The Morgan fingerprint density at radius 3 is 2.54 bits per heavy atom. The van der Waals surface area contributed by atoms with E-state index in [1.54, 1.807) is 24.3 Å². The van der Waals surface area contributed by atoms with Gasteiger partial charge in [0.1, 0.15) is 17.3 Å². The Morgan fingerprint density at radius 2 is 1.82 bits per heavy atom. The number of nitrogens with zero attached hydrogens (tertiary/aromatic N) is 3. The zero-order valence-electron chi connectivity index (χ0n) is 21.1. The summed E-state index contributed by atoms with van der Waals surface area (Å²) in [6.45, 7) is 4.31. The van der Waals surface area contributed by atoms with E-state index in [9.17, 15) is 19.1 Å². The van der Waals surface area contributed by atoms with E-state index in [0.717, 1.165) is 5.56 Å². The van der Waals surface area contributed by atoms with Gasteiger partial charge in [-0.1, -0.05) is 65.1 Å². The van der Waals surface area contributed by atoms with Gasteiger partial charge in [0.15, 0.2) is 4.34 Å². The Morgan fingerprint density at radius 1 is 1.08 bits per heavy atom. The van der Waals surface area contributed by atoms with E-state index in [0.29, 0.717) is 28.0 Å². The number of rotatable bonds is 8. The number of aryl methyl sites for hydroxylation is 1. The van der Waals surface area contributed by atoms with Crippen molar-refractivity contribution in [2.75, 3.05) is 11.5 Å². The lowest BCUT2D eigenvalue weighted by atomic mass is 9.95. The third-order valence-electron chi connectivity index (χ3n) is 6.13. The molecule has 1 aromatic heterocycles. The van der Waals surface area contributed by atoms with Crippen LogP contribution in [-0.2, 0) is 15.3 Å². The van der Waals surface area contributed by atoms with Gasteiger partial charge >= 0.3 is 5.91 Å². The molecule has 1 fully saturated rings. The summed E-state index contributed by atoms with van der Waals surface area (Å²) in [5.74, 6) is -1.38. The molecule has 0 aliphatic carbocycles. The standard InChI is InChI=1S/C29H24FN3O4S2/c1-3-37-22-6-4-5-20(15-22)24-23(25(34)19-11-13-21(30)14-12-19)26(35)27(36)33(24)28-31-32-29(39-28)38-16-18-9-7-17(2)8-10-18/h4-15,24,34H,3,16H2,1-2H3. The molecule has 0 bridgehead atoms. The smallest absolute Gasteiger partial charge is 0.301 e. The molecule has 1 atom stereocenters. The molecule has 0 radical (unpaired) electrons. The van der Waals surface area contributed by atoms with E-state index in [2.05, 4.69) is 10.2 Å². The Hall–Kier alpha value is -4.02. The number of hydrogen-bond donors (Lipinski definition) is 1. The van der Waals surface area contributed by atoms with E-state index in [4.69, 9.17) is 4.74 Å². The lowest BCUT2D eigenvalue weighted by Gasteiger charge is -2.23. The van der Waals surface area contributed by atoms with Crippen molar-refractivity contribution in [2.24, 2.45) is 0 Å². The second kappa shape index (κ2) is 11.4. The van der Waals surface area contributed by atoms with Crippen molar-refractivity contribution in [3.63, 3.8) is 0 Å². The fourth-order valence-corrected chi connectivity index (χ4v) is 6.06. The van der Waals surface area contributed by atoms with Crippen LogP contribution >= 0.6 is 23.1 Å². The SMILES string of the molecule is CCOc1cccc(C2C(=C(O)c3ccc(F)cc3)C(=O)C(=O)N2c2nnc(SCc3ccc(C)cc3)s2)c1. The average Bonchev–Trinajstić information content (AvgIpc) is 3.51. The lowest BCUT2D eigenvalue weighted by Crippen LogP contribution is -2.29. The first-order valence-corrected chi connectivity index (χ1v) is 14.0. The van der Waals surface area contributed by atoms with Crippen LogP contribution in [-0.4, -0.2) is 33.6 Å². The molecule has 7 nitrogen and oxygen atoms in total. The number of hydrogen-bond acceptors (Lipinski definition) is 8. The highest BCUT2D eigenvalue weighted by Gasteiger charge is 2.48. The maximum atomic E-state index is 13.5. The monoisotopic (exact) mass is 561 g/mol. The number of aliphatic hydroxyl groups excluding tert-OH is 1. The summed E-state index contributed by atoms with van der Waals surface area (Å²) in [6, 6.07) is 19.2. The summed E-state index contributed by atoms with van der Waals surface area (Å²) in [5, 5.41) is 19.9. The minimum atomic E-state index is -0.988. The quantitative estimate of drug-likeness (QED) is 0.0887. The fourth-order valence-electron chi connectivity index (χ4n) is 4.24. The van der Waals surface area contributed by atoms with Gasteiger partial charge in [-0.2, -0.15) is 0 Å². The molecule has 4 aromatic rings. The molecule has 1 unspecified atom stereocenters. The van der Waals surface area contributed by atoms with Gasteiger partial charge in [0.05, 0.1) is 18.2 Å². The number of aliphatic hydroxyl groups is 1. The van der Waals surface area contributed by atoms with E-state index in [-0.39, 0.29) is 16.3 Å². The van der Waals surface area contributed by atoms with Gasteiger partial charge in [-0.3, -0.25) is 14.5 Å². The normalized spacial score (nSPS) is 16.6. The summed E-state index contributed by atoms with van der Waals surface area (Å²) in [7, 11) is 0. The summed E-state index contributed by atoms with van der Waals surface area (Å²) in [4.78, 5) is 28.0. The number of benzene rings is 3. The van der Waals surface area contributed by atoms with Crippen LogP contribution in [0.15, 0.2) is 82.7 Å². The molecule has 3 aromatic carbocycles. The molecule has 1 N–H and O–H groups in total. The molecular formula is C29H24FN3O4S2. The molecule has 2 heterocycles. The topological polar surface area (TPSA) is 92.6 Å². The molecule has 0 spiro atoms. The molecule has 1 saturated heterocycles.